The maximum absolute atomic E-state index is 14.2. The van der Waals surface area contributed by atoms with Crippen molar-refractivity contribution in [1.82, 2.24) is 0 Å². The molecule has 7 nitrogen and oxygen atoms in total. The van der Waals surface area contributed by atoms with Gasteiger partial charge in [-0.3, -0.25) is 4.79 Å². The highest BCUT2D eigenvalue weighted by Gasteiger charge is 2.38. The van der Waals surface area contributed by atoms with Crippen molar-refractivity contribution in [2.75, 3.05) is 11.1 Å². The van der Waals surface area contributed by atoms with Crippen molar-refractivity contribution in [2.45, 2.75) is 36.9 Å². The van der Waals surface area contributed by atoms with Gasteiger partial charge in [0.25, 0.3) is 5.91 Å². The van der Waals surface area contributed by atoms with Gasteiger partial charge in [-0.25, -0.2) is 26.7 Å². The van der Waals surface area contributed by atoms with Gasteiger partial charge >= 0.3 is 5.97 Å². The zero-order chi connectivity index (χ0) is 33.1. The molecule has 0 aliphatic carbocycles. The van der Waals surface area contributed by atoms with E-state index in [-0.39, 0.29) is 23.8 Å². The van der Waals surface area contributed by atoms with E-state index in [0.29, 0.717) is 16.9 Å². The number of rotatable bonds is 9. The van der Waals surface area contributed by atoms with Gasteiger partial charge in [0.05, 0.1) is 24.4 Å². The Hall–Kier alpha value is -4.30. The molecule has 0 unspecified atom stereocenters. The molecular weight excluding hydrogens is 633 g/mol. The fourth-order valence-electron chi connectivity index (χ4n) is 4.94. The van der Waals surface area contributed by atoms with Crippen LogP contribution in [0.4, 0.5) is 27.6 Å². The molecule has 4 atom stereocenters. The number of aromatic carboxylic acids is 1. The van der Waals surface area contributed by atoms with Crippen molar-refractivity contribution >= 4 is 29.3 Å². The normalized spacial score (nSPS) is 19.5. The molecule has 1 amide bonds. The predicted molar refractivity (Wildman–Crippen MR) is 158 cm³/mol. The number of benzene rings is 4. The van der Waals surface area contributed by atoms with Crippen molar-refractivity contribution in [3.05, 3.63) is 130 Å². The molecule has 1 saturated heterocycles. The van der Waals surface area contributed by atoms with Crippen LogP contribution >= 0.6 is 11.8 Å². The van der Waals surface area contributed by atoms with Gasteiger partial charge in [-0.15, -0.1) is 11.8 Å². The van der Waals surface area contributed by atoms with Crippen LogP contribution in [0.2, 0.25) is 0 Å². The number of amides is 1. The van der Waals surface area contributed by atoms with E-state index in [1.807, 2.05) is 19.1 Å². The lowest BCUT2D eigenvalue weighted by Crippen LogP contribution is -2.38. The smallest absolute Gasteiger partial charge is 0.335 e. The Kier molecular flexibility index (Phi) is 10.1. The van der Waals surface area contributed by atoms with Gasteiger partial charge in [-0.2, -0.15) is 0 Å². The third-order valence-corrected chi connectivity index (χ3v) is 8.59. The predicted octanol–water partition coefficient (Wildman–Crippen LogP) is 7.41. The number of anilines is 1. The van der Waals surface area contributed by atoms with Gasteiger partial charge in [0, 0.05) is 27.8 Å². The summed E-state index contributed by atoms with van der Waals surface area (Å²) in [6.07, 6.45) is -1.93. The second-order valence-electron chi connectivity index (χ2n) is 10.5. The molecular formula is C33H26F5NO6S. The summed E-state index contributed by atoms with van der Waals surface area (Å²) in [4.78, 5) is 24.7. The van der Waals surface area contributed by atoms with Crippen molar-refractivity contribution in [3.63, 3.8) is 0 Å². The Balaban J connectivity index is 1.40. The largest absolute Gasteiger partial charge is 0.478 e. The Bertz CT molecular complexity index is 1730. The van der Waals surface area contributed by atoms with Crippen molar-refractivity contribution < 1.29 is 51.2 Å². The summed E-state index contributed by atoms with van der Waals surface area (Å²) in [5.41, 5.74) is 0.397. The molecule has 0 bridgehead atoms. The zero-order valence-electron chi connectivity index (χ0n) is 24.0. The zero-order valence-corrected chi connectivity index (χ0v) is 24.8. The van der Waals surface area contributed by atoms with Crippen LogP contribution < -0.4 is 5.32 Å². The highest BCUT2D eigenvalue weighted by atomic mass is 32.2. The Morgan fingerprint density at radius 2 is 1.46 bits per heavy atom. The van der Waals surface area contributed by atoms with Gasteiger partial charge < -0.3 is 25.0 Å². The minimum Gasteiger partial charge on any atom is -0.478 e. The molecule has 1 heterocycles. The van der Waals surface area contributed by atoms with Crippen LogP contribution in [0, 0.1) is 35.0 Å². The van der Waals surface area contributed by atoms with Crippen LogP contribution in [0.15, 0.2) is 77.7 Å². The van der Waals surface area contributed by atoms with Crippen LogP contribution in [-0.2, 0) is 16.1 Å². The number of carbonyl (C=O) groups excluding carboxylic acids is 1. The summed E-state index contributed by atoms with van der Waals surface area (Å²) in [6.45, 7) is 1.80. The van der Waals surface area contributed by atoms with Crippen molar-refractivity contribution in [2.24, 2.45) is 5.92 Å². The molecule has 46 heavy (non-hydrogen) atoms. The number of aliphatic hydroxyl groups is 1. The number of ether oxygens (including phenoxy) is 2. The minimum absolute atomic E-state index is 0.0226. The summed E-state index contributed by atoms with van der Waals surface area (Å²) < 4.78 is 82.1. The van der Waals surface area contributed by atoms with Crippen LogP contribution in [0.25, 0.3) is 0 Å². The first-order valence-electron chi connectivity index (χ1n) is 13.9. The van der Waals surface area contributed by atoms with Crippen LogP contribution in [0.1, 0.15) is 56.7 Å². The average Bonchev–Trinajstić information content (AvgIpc) is 3.06. The molecule has 1 aliphatic heterocycles. The summed E-state index contributed by atoms with van der Waals surface area (Å²) in [5.74, 6) is -13.7. The second kappa shape index (κ2) is 14.0. The second-order valence-corrected chi connectivity index (χ2v) is 11.6. The maximum Gasteiger partial charge on any atom is 0.335 e. The lowest BCUT2D eigenvalue weighted by atomic mass is 9.91. The third kappa shape index (κ3) is 6.92. The van der Waals surface area contributed by atoms with E-state index in [2.05, 4.69) is 5.32 Å². The van der Waals surface area contributed by atoms with E-state index in [1.165, 1.54) is 42.1 Å². The van der Waals surface area contributed by atoms with E-state index < -0.39 is 65.0 Å². The highest BCUT2D eigenvalue weighted by Crippen LogP contribution is 2.43. The summed E-state index contributed by atoms with van der Waals surface area (Å²) >= 11 is 1.44. The molecule has 0 saturated carbocycles. The van der Waals surface area contributed by atoms with E-state index in [4.69, 9.17) is 9.47 Å². The monoisotopic (exact) mass is 659 g/mol. The molecule has 0 radical (unpaired) electrons. The number of hydrogen-bond acceptors (Lipinski definition) is 6. The fourth-order valence-corrected chi connectivity index (χ4v) is 6.01. The van der Waals surface area contributed by atoms with E-state index >= 15 is 0 Å². The fraction of sp³-hybridized carbons (Fsp3) is 0.212. The van der Waals surface area contributed by atoms with E-state index in [1.54, 1.807) is 30.3 Å². The first kappa shape index (κ1) is 33.1. The van der Waals surface area contributed by atoms with Crippen molar-refractivity contribution in [1.29, 1.82) is 0 Å². The number of carboxylic acid groups (broad SMARTS) is 1. The lowest BCUT2D eigenvalue weighted by Gasteiger charge is -2.41. The molecule has 0 spiro atoms. The average molecular weight is 660 g/mol. The molecule has 4 aromatic rings. The molecule has 240 valence electrons. The number of thioether (sulfide) groups is 1. The van der Waals surface area contributed by atoms with Gasteiger partial charge in [0.1, 0.15) is 5.56 Å². The molecule has 4 aromatic carbocycles. The Morgan fingerprint density at radius 1 is 0.826 bits per heavy atom. The molecule has 5 rings (SSSR count). The Morgan fingerprint density at radius 3 is 2.07 bits per heavy atom. The molecule has 0 aromatic heterocycles. The van der Waals surface area contributed by atoms with E-state index in [0.717, 1.165) is 10.5 Å². The molecule has 3 N–H and O–H groups in total. The van der Waals surface area contributed by atoms with Crippen LogP contribution in [0.5, 0.6) is 0 Å². The number of hydrogen-bond donors (Lipinski definition) is 3. The number of halogens is 5. The maximum atomic E-state index is 14.2. The summed E-state index contributed by atoms with van der Waals surface area (Å²) in [5, 5.41) is 20.8. The van der Waals surface area contributed by atoms with Crippen LogP contribution in [-0.4, -0.2) is 33.9 Å². The SMILES string of the molecule is C[C@@H]1[C@H](CSc2ccc(C(=O)O)cc2)O[C@H](c2cccc(NC(=O)c3c(F)c(F)c(F)c(F)c3F)c2)O[C@@H]1c1ccc(CO)cc1. The molecule has 1 aliphatic rings. The van der Waals surface area contributed by atoms with Crippen LogP contribution in [0.3, 0.4) is 0 Å². The van der Waals surface area contributed by atoms with Gasteiger partial charge in [-0.1, -0.05) is 43.3 Å². The van der Waals surface area contributed by atoms with Gasteiger partial charge in [-0.05, 0) is 47.5 Å². The molecule has 1 fully saturated rings. The first-order valence-corrected chi connectivity index (χ1v) is 14.9. The quantitative estimate of drug-likeness (QED) is 0.0744. The van der Waals surface area contributed by atoms with E-state index in [9.17, 15) is 41.8 Å². The lowest BCUT2D eigenvalue weighted by molar-refractivity contribution is -0.268. The number of aliphatic hydroxyl groups excluding tert-OH is 1. The number of nitrogens with one attached hydrogen (secondary N) is 1. The summed E-state index contributed by atoms with van der Waals surface area (Å²) in [6, 6.07) is 19.4. The Labute approximate surface area is 264 Å². The summed E-state index contributed by atoms with van der Waals surface area (Å²) in [7, 11) is 0. The number of carboxylic acids is 1. The van der Waals surface area contributed by atoms with Gasteiger partial charge in [0.2, 0.25) is 5.82 Å². The first-order chi connectivity index (χ1) is 22.0. The minimum atomic E-state index is -2.38. The highest BCUT2D eigenvalue weighted by molar-refractivity contribution is 7.99. The number of carbonyl (C=O) groups is 2. The topological polar surface area (TPSA) is 105 Å². The standard InChI is InChI=1S/C33H26F5NO6S/c1-16-23(15-46-22-11-9-19(10-12-22)32(42)43)44-33(45-30(16)18-7-5-17(14-40)6-8-18)20-3-2-4-21(13-20)39-31(41)24-25(34)27(36)29(38)28(37)26(24)35/h2-13,16,23,30,33,40H,14-15H2,1H3,(H,39,41)(H,42,43)/t16-,23+,30+,33+/m1/s1. The van der Waals surface area contributed by atoms with Crippen molar-refractivity contribution in [3.8, 4) is 0 Å². The van der Waals surface area contributed by atoms with Gasteiger partial charge in [0.15, 0.2) is 29.6 Å². The molecule has 13 heteroatoms. The third-order valence-electron chi connectivity index (χ3n) is 7.49.